The van der Waals surface area contributed by atoms with E-state index in [1.165, 1.54) is 32.8 Å². The van der Waals surface area contributed by atoms with E-state index in [1.807, 2.05) is 18.2 Å². The van der Waals surface area contributed by atoms with Crippen molar-refractivity contribution in [2.24, 2.45) is 5.73 Å². The van der Waals surface area contributed by atoms with Crippen LogP contribution in [0.25, 0.3) is 43.7 Å². The summed E-state index contributed by atoms with van der Waals surface area (Å²) in [6.07, 6.45) is 5.02. The van der Waals surface area contributed by atoms with E-state index in [2.05, 4.69) is 52.3 Å². The first kappa shape index (κ1) is 16.0. The topological polar surface area (TPSA) is 67.0 Å². The third-order valence-electron chi connectivity index (χ3n) is 5.34. The van der Waals surface area contributed by atoms with Gasteiger partial charge in [0.15, 0.2) is 0 Å². The van der Waals surface area contributed by atoms with Crippen LogP contribution in [0.15, 0.2) is 67.0 Å². The Hall–Kier alpha value is -3.24. The highest BCUT2D eigenvalue weighted by Gasteiger charge is 2.17. The van der Waals surface area contributed by atoms with Crippen LogP contribution in [-0.4, -0.2) is 21.2 Å². The van der Waals surface area contributed by atoms with Crippen LogP contribution < -0.4 is 5.73 Å². The minimum atomic E-state index is 0.288. The SMILES string of the molecule is NCCCn1c2ccc(O)cc2c2c3c[nH]cc3c(-c3ccccc3)cc21. The van der Waals surface area contributed by atoms with E-state index >= 15 is 0 Å². The van der Waals surface area contributed by atoms with E-state index in [1.54, 1.807) is 6.07 Å². The lowest BCUT2D eigenvalue weighted by Crippen LogP contribution is -2.05. The van der Waals surface area contributed by atoms with Crippen LogP contribution in [0.2, 0.25) is 0 Å². The fraction of sp³-hybridized carbons (Fsp3) is 0.130. The van der Waals surface area contributed by atoms with Gasteiger partial charge in [-0.05, 0) is 48.4 Å². The molecule has 4 N–H and O–H groups in total. The number of aromatic hydroxyl groups is 1. The van der Waals surface area contributed by atoms with Crippen molar-refractivity contribution in [3.05, 3.63) is 67.0 Å². The highest BCUT2D eigenvalue weighted by atomic mass is 16.3. The quantitative estimate of drug-likeness (QED) is 0.425. The first-order chi connectivity index (χ1) is 13.3. The van der Waals surface area contributed by atoms with Crippen molar-refractivity contribution in [2.75, 3.05) is 6.54 Å². The van der Waals surface area contributed by atoms with Gasteiger partial charge in [0, 0.05) is 46.0 Å². The standard InChI is InChI=1S/C23H21N3O/c24-9-4-10-26-21-8-7-16(27)11-18(21)23-20-14-25-13-19(20)17(12-22(23)26)15-5-2-1-3-6-15/h1-3,5-8,11-14,25,27H,4,9-10,24H2. The average Bonchev–Trinajstić information content (AvgIpc) is 3.29. The van der Waals surface area contributed by atoms with Gasteiger partial charge in [-0.3, -0.25) is 0 Å². The Labute approximate surface area is 156 Å². The molecule has 134 valence electrons. The lowest BCUT2D eigenvalue weighted by atomic mass is 9.97. The highest BCUT2D eigenvalue weighted by Crippen LogP contribution is 2.40. The third kappa shape index (κ3) is 2.41. The monoisotopic (exact) mass is 355 g/mol. The number of aromatic nitrogens is 2. The van der Waals surface area contributed by atoms with E-state index in [9.17, 15) is 5.11 Å². The lowest BCUT2D eigenvalue weighted by molar-refractivity contribution is 0.476. The maximum atomic E-state index is 10.1. The molecule has 2 heterocycles. The van der Waals surface area contributed by atoms with E-state index in [0.717, 1.165) is 23.9 Å². The number of H-pyrrole nitrogens is 1. The van der Waals surface area contributed by atoms with Crippen LogP contribution in [0.4, 0.5) is 0 Å². The molecule has 3 aromatic carbocycles. The molecule has 0 fully saturated rings. The molecule has 2 aromatic heterocycles. The number of nitrogens with zero attached hydrogens (tertiary/aromatic N) is 1. The van der Waals surface area contributed by atoms with Gasteiger partial charge in [0.2, 0.25) is 0 Å². The van der Waals surface area contributed by atoms with Crippen molar-refractivity contribution < 1.29 is 5.11 Å². The summed E-state index contributed by atoms with van der Waals surface area (Å²) in [5, 5.41) is 14.7. The zero-order chi connectivity index (χ0) is 18.4. The Balaban J connectivity index is 1.95. The van der Waals surface area contributed by atoms with Gasteiger partial charge < -0.3 is 20.4 Å². The summed E-state index contributed by atoms with van der Waals surface area (Å²) < 4.78 is 2.33. The molecular weight excluding hydrogens is 334 g/mol. The van der Waals surface area contributed by atoms with Crippen molar-refractivity contribution in [3.63, 3.8) is 0 Å². The minimum Gasteiger partial charge on any atom is -0.508 e. The summed E-state index contributed by atoms with van der Waals surface area (Å²) in [5.41, 5.74) is 10.5. The van der Waals surface area contributed by atoms with Crippen molar-refractivity contribution in [1.29, 1.82) is 0 Å². The number of nitrogens with one attached hydrogen (secondary N) is 1. The second kappa shape index (κ2) is 6.18. The first-order valence-electron chi connectivity index (χ1n) is 9.28. The molecule has 0 radical (unpaired) electrons. The van der Waals surface area contributed by atoms with Crippen LogP contribution in [0.1, 0.15) is 6.42 Å². The first-order valence-corrected chi connectivity index (χ1v) is 9.28. The Bertz CT molecular complexity index is 1270. The minimum absolute atomic E-state index is 0.288. The molecule has 0 aliphatic carbocycles. The molecule has 0 amide bonds. The molecular formula is C23H21N3O. The summed E-state index contributed by atoms with van der Waals surface area (Å²) in [5.74, 6) is 0.288. The Morgan fingerprint density at radius 1 is 0.889 bits per heavy atom. The number of fused-ring (bicyclic) bond motifs is 5. The molecule has 0 saturated heterocycles. The molecule has 0 aliphatic rings. The number of rotatable bonds is 4. The highest BCUT2D eigenvalue weighted by molar-refractivity contribution is 6.23. The van der Waals surface area contributed by atoms with Gasteiger partial charge in [0.25, 0.3) is 0 Å². The largest absolute Gasteiger partial charge is 0.508 e. The van der Waals surface area contributed by atoms with Gasteiger partial charge in [0.05, 0.1) is 5.52 Å². The number of aryl methyl sites for hydroxylation is 1. The van der Waals surface area contributed by atoms with E-state index < -0.39 is 0 Å². The van der Waals surface area contributed by atoms with Crippen molar-refractivity contribution in [2.45, 2.75) is 13.0 Å². The van der Waals surface area contributed by atoms with Gasteiger partial charge in [-0.2, -0.15) is 0 Å². The molecule has 0 atom stereocenters. The second-order valence-electron chi connectivity index (χ2n) is 6.96. The van der Waals surface area contributed by atoms with Gasteiger partial charge in [-0.25, -0.2) is 0 Å². The zero-order valence-electron chi connectivity index (χ0n) is 14.9. The fourth-order valence-electron chi connectivity index (χ4n) is 4.15. The number of phenols is 1. The molecule has 4 heteroatoms. The van der Waals surface area contributed by atoms with E-state index in [-0.39, 0.29) is 5.75 Å². The number of phenolic OH excluding ortho intramolecular Hbond substituents is 1. The van der Waals surface area contributed by atoms with Crippen LogP contribution >= 0.6 is 0 Å². The van der Waals surface area contributed by atoms with Crippen molar-refractivity contribution in [3.8, 4) is 16.9 Å². The number of hydrogen-bond acceptors (Lipinski definition) is 2. The van der Waals surface area contributed by atoms with Crippen LogP contribution in [0.3, 0.4) is 0 Å². The van der Waals surface area contributed by atoms with Crippen molar-refractivity contribution >= 4 is 32.6 Å². The molecule has 0 saturated carbocycles. The average molecular weight is 355 g/mol. The Morgan fingerprint density at radius 3 is 2.52 bits per heavy atom. The summed E-state index contributed by atoms with van der Waals surface area (Å²) in [4.78, 5) is 3.28. The Kier molecular flexibility index (Phi) is 3.66. The van der Waals surface area contributed by atoms with Crippen LogP contribution in [0.5, 0.6) is 5.75 Å². The smallest absolute Gasteiger partial charge is 0.116 e. The number of aromatic amines is 1. The number of benzene rings is 3. The molecule has 0 spiro atoms. The summed E-state index contributed by atoms with van der Waals surface area (Å²) in [6.45, 7) is 1.50. The fourth-order valence-corrected chi connectivity index (χ4v) is 4.15. The summed E-state index contributed by atoms with van der Waals surface area (Å²) >= 11 is 0. The second-order valence-corrected chi connectivity index (χ2v) is 6.96. The van der Waals surface area contributed by atoms with Gasteiger partial charge in [0.1, 0.15) is 5.75 Å². The third-order valence-corrected chi connectivity index (χ3v) is 5.34. The molecule has 5 aromatic rings. The maximum absolute atomic E-state index is 10.1. The number of nitrogens with two attached hydrogens (primary N) is 1. The van der Waals surface area contributed by atoms with E-state index in [4.69, 9.17) is 5.73 Å². The molecule has 0 unspecified atom stereocenters. The Morgan fingerprint density at radius 2 is 1.70 bits per heavy atom. The molecule has 0 bridgehead atoms. The zero-order valence-corrected chi connectivity index (χ0v) is 14.9. The van der Waals surface area contributed by atoms with Crippen molar-refractivity contribution in [1.82, 2.24) is 9.55 Å². The van der Waals surface area contributed by atoms with Gasteiger partial charge >= 0.3 is 0 Å². The predicted molar refractivity (Wildman–Crippen MR) is 112 cm³/mol. The normalized spacial score (nSPS) is 11.7. The van der Waals surface area contributed by atoms with Crippen LogP contribution in [-0.2, 0) is 6.54 Å². The summed E-state index contributed by atoms with van der Waals surface area (Å²) in [6, 6.07) is 18.4. The molecule has 5 rings (SSSR count). The van der Waals surface area contributed by atoms with Gasteiger partial charge in [-0.1, -0.05) is 30.3 Å². The lowest BCUT2D eigenvalue weighted by Gasteiger charge is -2.09. The number of hydrogen-bond donors (Lipinski definition) is 3. The summed E-state index contributed by atoms with van der Waals surface area (Å²) in [7, 11) is 0. The van der Waals surface area contributed by atoms with E-state index in [0.29, 0.717) is 6.54 Å². The molecule has 0 aliphatic heterocycles. The van der Waals surface area contributed by atoms with Crippen LogP contribution in [0, 0.1) is 0 Å². The molecule has 27 heavy (non-hydrogen) atoms. The molecule has 4 nitrogen and oxygen atoms in total. The maximum Gasteiger partial charge on any atom is 0.116 e. The van der Waals surface area contributed by atoms with Gasteiger partial charge in [-0.15, -0.1) is 0 Å². The predicted octanol–water partition coefficient (Wildman–Crippen LogP) is 5.00.